The van der Waals surface area contributed by atoms with E-state index < -0.39 is 11.2 Å². The summed E-state index contributed by atoms with van der Waals surface area (Å²) in [6.45, 7) is 7.27. The number of benzene rings is 2. The van der Waals surface area contributed by atoms with Gasteiger partial charge < -0.3 is 35.5 Å². The van der Waals surface area contributed by atoms with Gasteiger partial charge in [-0.2, -0.15) is 0 Å². The van der Waals surface area contributed by atoms with Crippen LogP contribution in [0.5, 0.6) is 5.75 Å². The Bertz CT molecular complexity index is 3070. The number of nitrogens with zero attached hydrogens (tertiary/aromatic N) is 4. The molecule has 2 aromatic rings. The molecule has 2 aliphatic rings. The van der Waals surface area contributed by atoms with E-state index in [1.807, 2.05) is 26.2 Å². The first-order valence-corrected chi connectivity index (χ1v) is 23.5. The minimum atomic E-state index is -0.598. The summed E-state index contributed by atoms with van der Waals surface area (Å²) >= 11 is 0. The Hall–Kier alpha value is -9.72. The first-order chi connectivity index (χ1) is 36.7. The minimum Gasteiger partial charge on any atom is -0.508 e. The van der Waals surface area contributed by atoms with E-state index >= 15 is 0 Å². The van der Waals surface area contributed by atoms with Gasteiger partial charge in [0.25, 0.3) is 0 Å². The van der Waals surface area contributed by atoms with Gasteiger partial charge in [-0.1, -0.05) is 92.3 Å². The summed E-state index contributed by atoms with van der Waals surface area (Å²) in [6, 6.07) is 16.0. The molecular formula is C65H104N4O7. The highest BCUT2D eigenvalue weighted by Gasteiger charge is 2.40. The largest absolute Gasteiger partial charge is 0.508 e. The van der Waals surface area contributed by atoms with E-state index in [0.29, 0.717) is 0 Å². The monoisotopic (exact) mass is 1050 g/mol. The fraction of sp³-hybridized carbons (Fsp3) is 0.354. The minimum absolute atomic E-state index is 0. The molecule has 426 valence electrons. The number of likely N-dealkylation sites (N-methyl/N-ethyl adjacent to an activating group) is 2. The first kappa shape index (κ1) is 68.4. The second-order valence-electron chi connectivity index (χ2n) is 16.4. The van der Waals surface area contributed by atoms with Gasteiger partial charge in [-0.3, -0.25) is 0 Å². The van der Waals surface area contributed by atoms with Gasteiger partial charge in [-0.15, -0.1) is 22.7 Å². The lowest BCUT2D eigenvalue weighted by Gasteiger charge is -2.40. The number of aromatic hydroxyl groups is 1. The number of rotatable bonds is 8. The zero-order valence-electron chi connectivity index (χ0n) is 44.3. The summed E-state index contributed by atoms with van der Waals surface area (Å²) in [5.74, 6) is 69.5. The summed E-state index contributed by atoms with van der Waals surface area (Å²) in [4.78, 5) is 20.5. The van der Waals surface area contributed by atoms with Crippen molar-refractivity contribution in [2.75, 3.05) is 41.3 Å². The number of phenolic OH excluding ortho intramolecular Hbond substituents is 1. The lowest BCUT2D eigenvalue weighted by molar-refractivity contribution is -0.0280. The molecule has 2 aromatic carbocycles. The van der Waals surface area contributed by atoms with Crippen molar-refractivity contribution in [3.8, 4) is 184 Å². The predicted molar refractivity (Wildman–Crippen MR) is 348 cm³/mol. The molecule has 5 N–H and O–H groups in total. The molecule has 2 aliphatic carbocycles. The maximum atomic E-state index is 11.1. The average molecular weight is 1050 g/mol. The van der Waals surface area contributed by atoms with Gasteiger partial charge in [0.2, 0.25) is 0 Å². The molecule has 2 fully saturated rings. The van der Waals surface area contributed by atoms with Gasteiger partial charge in [-0.05, 0) is 252 Å². The highest BCUT2D eigenvalue weighted by Crippen LogP contribution is 2.41. The topological polar surface area (TPSA) is 166 Å². The summed E-state index contributed by atoms with van der Waals surface area (Å²) in [5.41, 5.74) is 2.57. The molecule has 2 unspecified atom stereocenters. The summed E-state index contributed by atoms with van der Waals surface area (Å²) in [6.07, 6.45) is 20.4. The molecule has 0 aliphatic heterocycles. The van der Waals surface area contributed by atoms with Crippen molar-refractivity contribution in [2.24, 2.45) is 10.7 Å². The van der Waals surface area contributed by atoms with E-state index in [-0.39, 0.29) is 47.5 Å². The molecular weight excluding hydrogens is 949 g/mol. The van der Waals surface area contributed by atoms with E-state index in [1.165, 1.54) is 34.6 Å². The van der Waals surface area contributed by atoms with Gasteiger partial charge in [0.15, 0.2) is 10.7 Å². The molecule has 11 nitrogen and oxygen atoms in total. The van der Waals surface area contributed by atoms with Crippen molar-refractivity contribution >= 4 is 0 Å². The van der Waals surface area contributed by atoms with Crippen LogP contribution in [0.25, 0.3) is 0 Å². The van der Waals surface area contributed by atoms with Gasteiger partial charge in [0.1, 0.15) is 5.75 Å². The Morgan fingerprint density at radius 2 is 0.711 bits per heavy atom. The molecule has 0 bridgehead atoms. The Balaban J connectivity index is -0.0000000326. The van der Waals surface area contributed by atoms with Gasteiger partial charge in [0.05, 0.1) is 11.2 Å². The van der Waals surface area contributed by atoms with Crippen LogP contribution in [-0.2, 0) is 0 Å². The highest BCUT2D eigenvalue weighted by atomic mass is 16.6. The zero-order chi connectivity index (χ0) is 57.0. The predicted octanol–water partition coefficient (Wildman–Crippen LogP) is 12.8. The molecule has 11 heteroatoms. The fourth-order valence-corrected chi connectivity index (χ4v) is 7.25. The van der Waals surface area contributed by atoms with Crippen LogP contribution in [-0.4, -0.2) is 88.0 Å². The van der Waals surface area contributed by atoms with Crippen LogP contribution in [0.1, 0.15) is 137 Å². The summed E-state index contributed by atoms with van der Waals surface area (Å²) < 4.78 is 0. The van der Waals surface area contributed by atoms with E-state index in [9.17, 15) is 15.3 Å². The van der Waals surface area contributed by atoms with E-state index in [0.717, 1.165) is 70.0 Å². The van der Waals surface area contributed by atoms with E-state index in [4.69, 9.17) is 33.1 Å². The third-order valence-electron chi connectivity index (χ3n) is 10.4. The van der Waals surface area contributed by atoms with Crippen LogP contribution in [0.2, 0.25) is 0 Å². The van der Waals surface area contributed by atoms with Crippen molar-refractivity contribution in [1.82, 2.24) is 9.80 Å². The van der Waals surface area contributed by atoms with Gasteiger partial charge in [-0.25, -0.2) is 0 Å². The second kappa shape index (κ2) is 46.4. The SMILES string of the molecule is C#CC#CC#CC#CC#CC#CC#CC.C#CC#CC#CC#CC#CC#CC#CC#CC.CN(C)CC(c1ccc(O)cc1)C1(O)CCCCC1.Cc1ccc(C(CN(C)C)C2(O)CCCCC2)cc1.O=NO.O=NO.[HH].[HH].[HH].[HH].[HH].[HH].[HH].[HH].[HH].[HH].[HH].[HH].[HH].[HH].[HH].[HH].[HH].[HH].[HH].[HH].[HH]. The maximum absolute atomic E-state index is 11.1. The maximum Gasteiger partial charge on any atom is 0.152 e. The highest BCUT2D eigenvalue weighted by molar-refractivity contribution is 5.47. The zero-order valence-corrected chi connectivity index (χ0v) is 44.3. The quantitative estimate of drug-likeness (QED) is 0.0982. The molecule has 0 radical (unpaired) electrons. The van der Waals surface area contributed by atoms with Crippen LogP contribution < -0.4 is 0 Å². The van der Waals surface area contributed by atoms with Crippen molar-refractivity contribution in [3.05, 3.63) is 75.0 Å². The van der Waals surface area contributed by atoms with Crippen molar-refractivity contribution < 1.29 is 55.7 Å². The molecule has 76 heavy (non-hydrogen) atoms. The summed E-state index contributed by atoms with van der Waals surface area (Å²) in [5, 5.41) is 47.3. The van der Waals surface area contributed by atoms with Gasteiger partial charge >= 0.3 is 0 Å². The van der Waals surface area contributed by atoms with Crippen LogP contribution in [0, 0.1) is 195 Å². The van der Waals surface area contributed by atoms with Crippen molar-refractivity contribution in [1.29, 1.82) is 0 Å². The standard InChI is InChI=1S/C17H27NO.C17H4.C16H25NO2.C15H4.2HNO2.21H2/c1-14-7-9-15(10-8-14)16(13-18(2)3)17(19)11-5-4-6-12-17;1-3-5-7-9-11-13-15-17-16-14-12-10-8-6-4-2;1-17(2)12-15(13-6-8-14(18)9-7-13)16(19)10-4-3-5-11-16;1-3-5-7-9-11-13-15-14-12-10-8-6-4-2;2*2-1-3;;;;;;;;;;;;;;;;;;;;;/h7-10,16,19H,4-6,11-13H2,1-3H3;1H,2H3;6-9,15,18-19H,3-5,10-12H2,1-2H3;1H,2H3;2*(H,2,3);21*1H. The lowest BCUT2D eigenvalue weighted by Crippen LogP contribution is -2.42. The third-order valence-corrected chi connectivity index (χ3v) is 10.4. The van der Waals surface area contributed by atoms with E-state index in [2.05, 4.69) is 221 Å². The normalized spacial score (nSPS) is 12.1. The number of hydrogen-bond donors (Lipinski definition) is 5. The number of aryl methyl sites for hydroxylation is 1. The summed E-state index contributed by atoms with van der Waals surface area (Å²) in [7, 11) is 8.26. The smallest absolute Gasteiger partial charge is 0.152 e. The van der Waals surface area contributed by atoms with Crippen LogP contribution in [0.15, 0.2) is 59.2 Å². The lowest BCUT2D eigenvalue weighted by atomic mass is 9.72. The fourth-order valence-electron chi connectivity index (χ4n) is 7.25. The van der Waals surface area contributed by atoms with Crippen LogP contribution >= 0.6 is 0 Å². The van der Waals surface area contributed by atoms with Crippen molar-refractivity contribution in [2.45, 2.75) is 108 Å². The van der Waals surface area contributed by atoms with Crippen LogP contribution in [0.3, 0.4) is 0 Å². The Labute approximate surface area is 484 Å². The number of phenols is 1. The third kappa shape index (κ3) is 36.2. The number of hydrogen-bond acceptors (Lipinski definition) is 9. The average Bonchev–Trinajstić information content (AvgIpc) is 3.40. The van der Waals surface area contributed by atoms with E-state index in [1.54, 1.807) is 26.0 Å². The second-order valence-corrected chi connectivity index (χ2v) is 16.4. The Kier molecular flexibility index (Phi) is 41.7. The molecule has 0 spiro atoms. The number of terminal acetylenes is 2. The Morgan fingerprint density at radius 3 is 0.947 bits per heavy atom. The molecule has 0 saturated heterocycles. The van der Waals surface area contributed by atoms with Crippen LogP contribution in [0.4, 0.5) is 0 Å². The molecule has 2 atom stereocenters. The van der Waals surface area contributed by atoms with Crippen molar-refractivity contribution in [3.63, 3.8) is 0 Å². The molecule has 4 rings (SSSR count). The Morgan fingerprint density at radius 1 is 0.474 bits per heavy atom. The first-order valence-electron chi connectivity index (χ1n) is 23.5. The molecule has 0 aromatic heterocycles. The number of aliphatic hydroxyl groups is 2. The molecule has 0 heterocycles. The molecule has 0 amide bonds. The molecule has 2 saturated carbocycles. The van der Waals surface area contributed by atoms with Gasteiger partial charge in [0, 0.05) is 54.9 Å².